The maximum absolute atomic E-state index is 12.2. The normalized spacial score (nSPS) is 10.8. The first-order valence-electron chi connectivity index (χ1n) is 6.06. The summed E-state index contributed by atoms with van der Waals surface area (Å²) in [6.45, 7) is 1.76. The van der Waals surface area contributed by atoms with Crippen molar-refractivity contribution in [3.63, 3.8) is 0 Å². The van der Waals surface area contributed by atoms with Crippen LogP contribution in [-0.2, 0) is 6.54 Å². The average molecular weight is 269 g/mol. The third-order valence-electron chi connectivity index (χ3n) is 3.05. The molecule has 0 unspecified atom stereocenters. The smallest absolute Gasteiger partial charge is 0.347 e. The molecule has 20 heavy (non-hydrogen) atoms. The van der Waals surface area contributed by atoms with Crippen LogP contribution < -0.4 is 5.63 Å². The van der Waals surface area contributed by atoms with E-state index in [-0.39, 0.29) is 17.9 Å². The number of para-hydroxylation sites is 1. The lowest BCUT2D eigenvalue weighted by atomic mass is 10.1. The summed E-state index contributed by atoms with van der Waals surface area (Å²) >= 11 is 0. The molecule has 0 aliphatic carbocycles. The van der Waals surface area contributed by atoms with Crippen LogP contribution in [0.3, 0.4) is 0 Å². The second kappa shape index (κ2) is 4.73. The van der Waals surface area contributed by atoms with Crippen molar-refractivity contribution in [1.82, 2.24) is 15.0 Å². The first-order valence-corrected chi connectivity index (χ1v) is 6.06. The van der Waals surface area contributed by atoms with Gasteiger partial charge in [0.05, 0.1) is 11.9 Å². The van der Waals surface area contributed by atoms with E-state index < -0.39 is 5.63 Å². The molecule has 0 bridgehead atoms. The van der Waals surface area contributed by atoms with Crippen LogP contribution in [0.4, 0.5) is 0 Å². The Balaban J connectivity index is 2.01. The van der Waals surface area contributed by atoms with E-state index in [1.807, 2.05) is 6.07 Å². The summed E-state index contributed by atoms with van der Waals surface area (Å²) in [5, 5.41) is 8.20. The Morgan fingerprint density at radius 2 is 2.15 bits per heavy atom. The highest BCUT2D eigenvalue weighted by Crippen LogP contribution is 2.13. The largest absolute Gasteiger partial charge is 0.422 e. The number of ketones is 1. The van der Waals surface area contributed by atoms with E-state index in [2.05, 4.69) is 10.3 Å². The van der Waals surface area contributed by atoms with Gasteiger partial charge in [0.2, 0.25) is 0 Å². The Hall–Kier alpha value is -2.76. The molecule has 100 valence electrons. The number of rotatable bonds is 3. The van der Waals surface area contributed by atoms with Gasteiger partial charge in [-0.05, 0) is 19.1 Å². The molecular weight excluding hydrogens is 258 g/mol. The molecule has 0 aliphatic heterocycles. The van der Waals surface area contributed by atoms with Crippen LogP contribution in [0.15, 0.2) is 45.7 Å². The van der Waals surface area contributed by atoms with Crippen molar-refractivity contribution < 1.29 is 9.21 Å². The fourth-order valence-corrected chi connectivity index (χ4v) is 1.94. The Bertz CT molecular complexity index is 848. The van der Waals surface area contributed by atoms with Crippen LogP contribution in [0.1, 0.15) is 16.1 Å². The van der Waals surface area contributed by atoms with Crippen molar-refractivity contribution in [1.29, 1.82) is 0 Å². The van der Waals surface area contributed by atoms with Gasteiger partial charge in [-0.15, -0.1) is 5.10 Å². The Morgan fingerprint density at radius 3 is 2.90 bits per heavy atom. The highest BCUT2D eigenvalue weighted by Gasteiger charge is 2.15. The number of aromatic nitrogens is 3. The molecule has 0 amide bonds. The third kappa shape index (κ3) is 2.11. The number of hydrogen-bond acceptors (Lipinski definition) is 5. The van der Waals surface area contributed by atoms with Crippen LogP contribution >= 0.6 is 0 Å². The SMILES string of the molecule is Cc1cnnn1CC(=O)c1cc2ccccc2oc1=O. The first-order chi connectivity index (χ1) is 9.65. The van der Waals surface area contributed by atoms with Crippen LogP contribution in [-0.4, -0.2) is 20.8 Å². The molecule has 0 saturated heterocycles. The van der Waals surface area contributed by atoms with Crippen molar-refractivity contribution >= 4 is 16.8 Å². The van der Waals surface area contributed by atoms with Gasteiger partial charge in [-0.3, -0.25) is 4.79 Å². The summed E-state index contributed by atoms with van der Waals surface area (Å²) < 4.78 is 6.58. The molecule has 0 aliphatic rings. The van der Waals surface area contributed by atoms with E-state index in [1.54, 1.807) is 37.4 Å². The van der Waals surface area contributed by atoms with E-state index >= 15 is 0 Å². The molecule has 1 aromatic carbocycles. The fourth-order valence-electron chi connectivity index (χ4n) is 1.94. The number of aryl methyl sites for hydroxylation is 1. The van der Waals surface area contributed by atoms with Gasteiger partial charge in [-0.1, -0.05) is 23.4 Å². The summed E-state index contributed by atoms with van der Waals surface area (Å²) in [4.78, 5) is 24.0. The van der Waals surface area contributed by atoms with E-state index in [9.17, 15) is 9.59 Å². The molecule has 0 saturated carbocycles. The number of benzene rings is 1. The number of nitrogens with zero attached hydrogens (tertiary/aromatic N) is 3. The Morgan fingerprint density at radius 1 is 1.35 bits per heavy atom. The molecule has 6 heteroatoms. The summed E-state index contributed by atoms with van der Waals surface area (Å²) in [7, 11) is 0. The van der Waals surface area contributed by atoms with Gasteiger partial charge >= 0.3 is 5.63 Å². The molecule has 3 rings (SSSR count). The molecule has 0 fully saturated rings. The lowest BCUT2D eigenvalue weighted by Crippen LogP contribution is -2.20. The average Bonchev–Trinajstić information content (AvgIpc) is 2.83. The predicted octanol–water partition coefficient (Wildman–Crippen LogP) is 1.58. The van der Waals surface area contributed by atoms with Gasteiger partial charge in [-0.2, -0.15) is 0 Å². The molecule has 2 heterocycles. The zero-order valence-corrected chi connectivity index (χ0v) is 10.7. The highest BCUT2D eigenvalue weighted by molar-refractivity contribution is 5.98. The van der Waals surface area contributed by atoms with Crippen LogP contribution in [0, 0.1) is 6.92 Å². The van der Waals surface area contributed by atoms with E-state index in [4.69, 9.17) is 4.42 Å². The van der Waals surface area contributed by atoms with Gasteiger partial charge in [-0.25, -0.2) is 9.48 Å². The summed E-state index contributed by atoms with van der Waals surface area (Å²) in [6, 6.07) is 8.61. The molecule has 6 nitrogen and oxygen atoms in total. The van der Waals surface area contributed by atoms with Crippen molar-refractivity contribution in [2.75, 3.05) is 0 Å². The lowest BCUT2D eigenvalue weighted by Gasteiger charge is -2.03. The van der Waals surface area contributed by atoms with Crippen molar-refractivity contribution in [2.45, 2.75) is 13.5 Å². The Kier molecular flexibility index (Phi) is 2.90. The highest BCUT2D eigenvalue weighted by atomic mass is 16.4. The summed E-state index contributed by atoms with van der Waals surface area (Å²) in [5.41, 5.74) is 0.611. The van der Waals surface area contributed by atoms with Gasteiger partial charge in [0, 0.05) is 5.39 Å². The maximum atomic E-state index is 12.2. The Labute approximate surface area is 113 Å². The third-order valence-corrected chi connectivity index (χ3v) is 3.05. The molecule has 0 radical (unpaired) electrons. The zero-order chi connectivity index (χ0) is 14.1. The van der Waals surface area contributed by atoms with Gasteiger partial charge < -0.3 is 4.42 Å². The topological polar surface area (TPSA) is 78.0 Å². The lowest BCUT2D eigenvalue weighted by molar-refractivity contribution is 0.0962. The number of carbonyl (C=O) groups excluding carboxylic acids is 1. The molecule has 3 aromatic rings. The fraction of sp³-hybridized carbons (Fsp3) is 0.143. The molecule has 0 N–H and O–H groups in total. The quantitative estimate of drug-likeness (QED) is 0.533. The van der Waals surface area contributed by atoms with E-state index in [0.717, 1.165) is 5.69 Å². The van der Waals surface area contributed by atoms with Crippen LogP contribution in [0.2, 0.25) is 0 Å². The minimum atomic E-state index is -0.633. The van der Waals surface area contributed by atoms with Crippen LogP contribution in [0.25, 0.3) is 11.0 Å². The summed E-state index contributed by atoms with van der Waals surface area (Å²) in [6.07, 6.45) is 1.55. The van der Waals surface area contributed by atoms with Gasteiger partial charge in [0.1, 0.15) is 17.7 Å². The molecule has 0 atom stereocenters. The molecular formula is C14H11N3O3. The minimum Gasteiger partial charge on any atom is -0.422 e. The second-order valence-electron chi connectivity index (χ2n) is 4.44. The predicted molar refractivity (Wildman–Crippen MR) is 71.6 cm³/mol. The molecule has 0 spiro atoms. The minimum absolute atomic E-state index is 0.0265. The van der Waals surface area contributed by atoms with E-state index in [0.29, 0.717) is 11.0 Å². The van der Waals surface area contributed by atoms with Gasteiger partial charge in [0.15, 0.2) is 5.78 Å². The zero-order valence-electron chi connectivity index (χ0n) is 10.7. The van der Waals surface area contributed by atoms with Crippen molar-refractivity contribution in [3.05, 3.63) is 58.2 Å². The maximum Gasteiger partial charge on any atom is 0.347 e. The number of carbonyl (C=O) groups is 1. The van der Waals surface area contributed by atoms with Gasteiger partial charge in [0.25, 0.3) is 0 Å². The van der Waals surface area contributed by atoms with E-state index in [1.165, 1.54) is 4.68 Å². The molecule has 2 aromatic heterocycles. The van der Waals surface area contributed by atoms with Crippen molar-refractivity contribution in [2.24, 2.45) is 0 Å². The second-order valence-corrected chi connectivity index (χ2v) is 4.44. The number of Topliss-reactive ketones (excluding diaryl/α,β-unsaturated/α-hetero) is 1. The summed E-state index contributed by atoms with van der Waals surface area (Å²) in [5.74, 6) is -0.349. The standard InChI is InChI=1S/C14H11N3O3/c1-9-7-15-16-17(9)8-12(18)11-6-10-4-2-3-5-13(10)20-14(11)19/h2-7H,8H2,1H3. The number of hydrogen-bond donors (Lipinski definition) is 0. The van der Waals surface area contributed by atoms with Crippen molar-refractivity contribution in [3.8, 4) is 0 Å². The van der Waals surface area contributed by atoms with Crippen LogP contribution in [0.5, 0.6) is 0 Å². The number of fused-ring (bicyclic) bond motifs is 1. The monoisotopic (exact) mass is 269 g/mol. The first kappa shape index (κ1) is 12.3.